The zero-order valence-electron chi connectivity index (χ0n) is 14.5. The molecule has 7 heteroatoms. The molecule has 1 saturated heterocycles. The highest BCUT2D eigenvalue weighted by Gasteiger charge is 2.35. The molecule has 0 radical (unpaired) electrons. The number of methoxy groups -OCH3 is 1. The van der Waals surface area contributed by atoms with E-state index >= 15 is 0 Å². The number of anilines is 2. The lowest BCUT2D eigenvalue weighted by Crippen LogP contribution is -2.28. The number of ether oxygens (including phenoxy) is 1. The van der Waals surface area contributed by atoms with Crippen LogP contribution in [0.1, 0.15) is 6.42 Å². The summed E-state index contributed by atoms with van der Waals surface area (Å²) in [5, 5.41) is 3.33. The van der Waals surface area contributed by atoms with Crippen molar-refractivity contribution in [1.82, 2.24) is 0 Å². The Morgan fingerprint density at radius 2 is 2.12 bits per heavy atom. The molecule has 26 heavy (non-hydrogen) atoms. The molecule has 1 fully saturated rings. The van der Waals surface area contributed by atoms with Gasteiger partial charge in [0.05, 0.1) is 18.7 Å². The van der Waals surface area contributed by atoms with Crippen LogP contribution in [0.15, 0.2) is 47.4 Å². The van der Waals surface area contributed by atoms with Gasteiger partial charge in [-0.15, -0.1) is 11.8 Å². The van der Waals surface area contributed by atoms with Crippen molar-refractivity contribution < 1.29 is 14.3 Å². The van der Waals surface area contributed by atoms with Gasteiger partial charge in [0.2, 0.25) is 11.8 Å². The van der Waals surface area contributed by atoms with Crippen molar-refractivity contribution in [2.75, 3.05) is 30.1 Å². The largest absolute Gasteiger partial charge is 0.495 e. The van der Waals surface area contributed by atoms with E-state index in [2.05, 4.69) is 5.32 Å². The first-order chi connectivity index (χ1) is 12.5. The Labute approximate surface area is 161 Å². The quantitative estimate of drug-likeness (QED) is 0.782. The SMILES string of the molecule is COc1ccc(Cl)cc1NC(=O)[C@H]1CC(=O)N(c2cccc(SC)c2)C1. The van der Waals surface area contributed by atoms with E-state index in [1.54, 1.807) is 34.9 Å². The molecule has 5 nitrogen and oxygen atoms in total. The molecule has 0 saturated carbocycles. The molecule has 1 N–H and O–H groups in total. The fraction of sp³-hybridized carbons (Fsp3) is 0.263. The highest BCUT2D eigenvalue weighted by molar-refractivity contribution is 7.98. The Bertz CT molecular complexity index is 843. The molecule has 2 amide bonds. The summed E-state index contributed by atoms with van der Waals surface area (Å²) in [5.41, 5.74) is 1.32. The van der Waals surface area contributed by atoms with Gasteiger partial charge in [-0.3, -0.25) is 9.59 Å². The highest BCUT2D eigenvalue weighted by atomic mass is 35.5. The van der Waals surface area contributed by atoms with Crippen molar-refractivity contribution in [2.24, 2.45) is 5.92 Å². The van der Waals surface area contributed by atoms with Gasteiger partial charge in [-0.05, 0) is 42.7 Å². The van der Waals surface area contributed by atoms with E-state index in [1.165, 1.54) is 7.11 Å². The van der Waals surface area contributed by atoms with Gasteiger partial charge in [0.15, 0.2) is 0 Å². The Hall–Kier alpha value is -2.18. The molecule has 2 aromatic carbocycles. The van der Waals surface area contributed by atoms with E-state index < -0.39 is 5.92 Å². The first kappa shape index (κ1) is 18.6. The summed E-state index contributed by atoms with van der Waals surface area (Å²) < 4.78 is 5.25. The van der Waals surface area contributed by atoms with Crippen molar-refractivity contribution in [1.29, 1.82) is 0 Å². The first-order valence-electron chi connectivity index (χ1n) is 8.10. The van der Waals surface area contributed by atoms with E-state index in [0.29, 0.717) is 23.0 Å². The second-order valence-corrected chi connectivity index (χ2v) is 7.26. The van der Waals surface area contributed by atoms with Crippen LogP contribution in [0.25, 0.3) is 0 Å². The van der Waals surface area contributed by atoms with Crippen LogP contribution in [0, 0.1) is 5.92 Å². The van der Waals surface area contributed by atoms with Crippen LogP contribution in [-0.2, 0) is 9.59 Å². The van der Waals surface area contributed by atoms with Crippen LogP contribution >= 0.6 is 23.4 Å². The van der Waals surface area contributed by atoms with E-state index in [1.807, 2.05) is 30.5 Å². The smallest absolute Gasteiger partial charge is 0.229 e. The average molecular weight is 391 g/mol. The predicted octanol–water partition coefficient (Wildman–Crippen LogP) is 4.06. The average Bonchev–Trinajstić information content (AvgIpc) is 3.04. The number of carbonyl (C=O) groups is 2. The number of thioether (sulfide) groups is 1. The molecule has 1 atom stereocenters. The van der Waals surface area contributed by atoms with Crippen LogP contribution in [0.4, 0.5) is 11.4 Å². The number of nitrogens with one attached hydrogen (secondary N) is 1. The Balaban J connectivity index is 1.74. The van der Waals surface area contributed by atoms with Crippen molar-refractivity contribution >= 4 is 46.6 Å². The summed E-state index contributed by atoms with van der Waals surface area (Å²) >= 11 is 7.61. The molecule has 0 aliphatic carbocycles. The van der Waals surface area contributed by atoms with E-state index in [4.69, 9.17) is 16.3 Å². The molecule has 3 rings (SSSR count). The lowest BCUT2D eigenvalue weighted by atomic mass is 10.1. The predicted molar refractivity (Wildman–Crippen MR) is 105 cm³/mol. The lowest BCUT2D eigenvalue weighted by Gasteiger charge is -2.18. The minimum absolute atomic E-state index is 0.0542. The van der Waals surface area contributed by atoms with Crippen LogP contribution in [0.3, 0.4) is 0 Å². The molecule has 0 aromatic heterocycles. The molecule has 2 aromatic rings. The monoisotopic (exact) mass is 390 g/mol. The second-order valence-electron chi connectivity index (χ2n) is 5.94. The molecule has 1 aliphatic heterocycles. The van der Waals surface area contributed by atoms with Crippen LogP contribution < -0.4 is 15.0 Å². The standard InChI is InChI=1S/C19H19ClN2O3S/c1-25-17-7-6-13(20)9-16(17)21-19(24)12-8-18(23)22(11-12)14-4-3-5-15(10-14)26-2/h3-7,9-10,12H,8,11H2,1-2H3,(H,21,24)/t12-/m0/s1. The highest BCUT2D eigenvalue weighted by Crippen LogP contribution is 2.31. The molecule has 0 bridgehead atoms. The fourth-order valence-electron chi connectivity index (χ4n) is 2.92. The van der Waals surface area contributed by atoms with Crippen LogP contribution in [-0.4, -0.2) is 31.7 Å². The summed E-state index contributed by atoms with van der Waals surface area (Å²) in [4.78, 5) is 27.8. The molecule has 0 unspecified atom stereocenters. The molecular formula is C19H19ClN2O3S. The van der Waals surface area contributed by atoms with E-state index in [9.17, 15) is 9.59 Å². The Kier molecular flexibility index (Phi) is 5.74. The van der Waals surface area contributed by atoms with Gasteiger partial charge in [-0.2, -0.15) is 0 Å². The minimum Gasteiger partial charge on any atom is -0.495 e. The molecule has 1 heterocycles. The number of carbonyl (C=O) groups excluding carboxylic acids is 2. The maximum atomic E-state index is 12.6. The molecule has 1 aliphatic rings. The van der Waals surface area contributed by atoms with E-state index in [-0.39, 0.29) is 18.2 Å². The fourth-order valence-corrected chi connectivity index (χ4v) is 3.55. The summed E-state index contributed by atoms with van der Waals surface area (Å²) in [6.07, 6.45) is 2.16. The van der Waals surface area contributed by atoms with Crippen LogP contribution in [0.5, 0.6) is 5.75 Å². The van der Waals surface area contributed by atoms with Crippen molar-refractivity contribution in [3.8, 4) is 5.75 Å². The van der Waals surface area contributed by atoms with Gasteiger partial charge < -0.3 is 15.0 Å². The third-order valence-corrected chi connectivity index (χ3v) is 5.24. The summed E-state index contributed by atoms with van der Waals surface area (Å²) in [6, 6.07) is 12.8. The Morgan fingerprint density at radius 1 is 1.31 bits per heavy atom. The van der Waals surface area contributed by atoms with Gasteiger partial charge in [-0.25, -0.2) is 0 Å². The van der Waals surface area contributed by atoms with Crippen molar-refractivity contribution in [2.45, 2.75) is 11.3 Å². The van der Waals surface area contributed by atoms with Crippen LogP contribution in [0.2, 0.25) is 5.02 Å². The summed E-state index contributed by atoms with van der Waals surface area (Å²) in [5.74, 6) is -0.176. The topological polar surface area (TPSA) is 58.6 Å². The summed E-state index contributed by atoms with van der Waals surface area (Å²) in [6.45, 7) is 0.353. The maximum Gasteiger partial charge on any atom is 0.229 e. The first-order valence-corrected chi connectivity index (χ1v) is 9.71. The second kappa shape index (κ2) is 8.01. The van der Waals surface area contributed by atoms with Gasteiger partial charge in [0, 0.05) is 28.6 Å². The van der Waals surface area contributed by atoms with Gasteiger partial charge in [0.1, 0.15) is 5.75 Å². The molecule has 0 spiro atoms. The minimum atomic E-state index is -0.427. The maximum absolute atomic E-state index is 12.6. The van der Waals surface area contributed by atoms with Crippen molar-refractivity contribution in [3.05, 3.63) is 47.5 Å². The number of hydrogen-bond acceptors (Lipinski definition) is 4. The van der Waals surface area contributed by atoms with Gasteiger partial charge >= 0.3 is 0 Å². The normalized spacial score (nSPS) is 16.7. The number of benzene rings is 2. The number of hydrogen-bond donors (Lipinski definition) is 1. The number of rotatable bonds is 5. The van der Waals surface area contributed by atoms with Crippen molar-refractivity contribution in [3.63, 3.8) is 0 Å². The third kappa shape index (κ3) is 3.97. The third-order valence-electron chi connectivity index (χ3n) is 4.28. The zero-order chi connectivity index (χ0) is 18.7. The zero-order valence-corrected chi connectivity index (χ0v) is 16.1. The van der Waals surface area contributed by atoms with Gasteiger partial charge in [0.25, 0.3) is 0 Å². The number of nitrogens with zero attached hydrogens (tertiary/aromatic N) is 1. The van der Waals surface area contributed by atoms with E-state index in [0.717, 1.165) is 10.6 Å². The molecule has 136 valence electrons. The lowest BCUT2D eigenvalue weighted by molar-refractivity contribution is -0.122. The number of halogens is 1. The summed E-state index contributed by atoms with van der Waals surface area (Å²) in [7, 11) is 1.53. The van der Waals surface area contributed by atoms with Gasteiger partial charge in [-0.1, -0.05) is 17.7 Å². The number of amides is 2. The molecular weight excluding hydrogens is 372 g/mol. The Morgan fingerprint density at radius 3 is 2.85 bits per heavy atom.